The van der Waals surface area contributed by atoms with Crippen LogP contribution in [0.5, 0.6) is 11.5 Å². The van der Waals surface area contributed by atoms with Gasteiger partial charge in [0, 0.05) is 62.1 Å². The van der Waals surface area contributed by atoms with E-state index in [0.29, 0.717) is 11.5 Å². The van der Waals surface area contributed by atoms with Crippen molar-refractivity contribution in [3.05, 3.63) is 254 Å². The molecule has 0 radical (unpaired) electrons. The number of nitrogens with zero attached hydrogens (tertiary/aromatic N) is 5. The molecule has 7 heteroatoms. The summed E-state index contributed by atoms with van der Waals surface area (Å²) in [5, 5.41) is 11.3. The molecule has 84 heavy (non-hydrogen) atoms. The number of hydrogen-bond acceptors (Lipinski definition) is 3. The third-order valence-electron chi connectivity index (χ3n) is 17.0. The molecule has 1 aliphatic rings. The first-order valence-corrected chi connectivity index (χ1v) is 28.8. The van der Waals surface area contributed by atoms with Crippen LogP contribution < -0.4 is 9.64 Å². The fourth-order valence-electron chi connectivity index (χ4n) is 12.8. The number of aromatic nitrogens is 4. The topological polar surface area (TPSA) is 40.1 Å². The second-order valence-corrected chi connectivity index (χ2v) is 24.5. The Morgan fingerprint density at radius 1 is 0.488 bits per heavy atom. The molecule has 0 amide bonds. The molecule has 0 fully saturated rings. The largest absolute Gasteiger partial charge is 0.509 e. The van der Waals surface area contributed by atoms with Crippen molar-refractivity contribution in [2.24, 2.45) is 0 Å². The van der Waals surface area contributed by atoms with Crippen molar-refractivity contribution in [3.63, 3.8) is 0 Å². The molecular weight excluding hydrogens is 1210 g/mol. The Kier molecular flexibility index (Phi) is 12.4. The summed E-state index contributed by atoms with van der Waals surface area (Å²) in [4.78, 5) is 7.33. The van der Waals surface area contributed by atoms with Crippen LogP contribution in [0.2, 0.25) is 0 Å². The normalized spacial score (nSPS) is 12.9. The fraction of sp³-hybridized carbons (Fsp3) is 0.143. The van der Waals surface area contributed by atoms with Gasteiger partial charge >= 0.3 is 0 Å². The molecule has 0 atom stereocenters. The second kappa shape index (κ2) is 20.1. The smallest absolute Gasteiger partial charge is 0.135 e. The molecule has 0 bridgehead atoms. The van der Waals surface area contributed by atoms with E-state index in [0.717, 1.165) is 105 Å². The van der Waals surface area contributed by atoms with E-state index >= 15 is 0 Å². The van der Waals surface area contributed by atoms with E-state index in [1.807, 2.05) is 26.1 Å². The predicted molar refractivity (Wildman–Crippen MR) is 348 cm³/mol. The molecule has 5 heterocycles. The minimum Gasteiger partial charge on any atom is -0.509 e. The van der Waals surface area contributed by atoms with E-state index < -0.39 is 5.89 Å². The molecule has 0 saturated carbocycles. The van der Waals surface area contributed by atoms with Gasteiger partial charge in [-0.3, -0.25) is 0 Å². The van der Waals surface area contributed by atoms with Crippen LogP contribution in [-0.2, 0) is 31.9 Å². The molecular formula is C77H62N5OPt-3. The Morgan fingerprint density at radius 3 is 1.67 bits per heavy atom. The molecule has 14 aromatic rings. The van der Waals surface area contributed by atoms with Crippen molar-refractivity contribution in [1.82, 2.24) is 18.7 Å². The average molecular weight is 1270 g/mol. The van der Waals surface area contributed by atoms with E-state index in [4.69, 9.17) is 9.72 Å². The van der Waals surface area contributed by atoms with Crippen molar-refractivity contribution in [2.75, 3.05) is 4.90 Å². The summed E-state index contributed by atoms with van der Waals surface area (Å²) < 4.78 is 23.6. The summed E-state index contributed by atoms with van der Waals surface area (Å²) >= 11 is 0. The Hall–Kier alpha value is -9.09. The van der Waals surface area contributed by atoms with Crippen molar-refractivity contribution >= 4 is 98.3 Å². The zero-order valence-corrected chi connectivity index (χ0v) is 50.6. The van der Waals surface area contributed by atoms with E-state index in [-0.39, 0.29) is 31.9 Å². The molecule has 15 rings (SSSR count). The van der Waals surface area contributed by atoms with Gasteiger partial charge in [0.25, 0.3) is 0 Å². The average Bonchev–Trinajstić information content (AvgIpc) is 1.70. The predicted octanol–water partition coefficient (Wildman–Crippen LogP) is 20.7. The molecule has 10 aromatic carbocycles. The van der Waals surface area contributed by atoms with Crippen molar-refractivity contribution in [3.8, 4) is 34.1 Å². The Balaban J connectivity index is 0.00000640. The summed E-state index contributed by atoms with van der Waals surface area (Å²) in [5.74, 6) is 1.08. The Labute approximate surface area is 506 Å². The van der Waals surface area contributed by atoms with Gasteiger partial charge in [-0.1, -0.05) is 224 Å². The van der Waals surface area contributed by atoms with Crippen LogP contribution >= 0.6 is 0 Å². The summed E-state index contributed by atoms with van der Waals surface area (Å²) in [5.41, 5.74) is 14.2. The van der Waals surface area contributed by atoms with Gasteiger partial charge in [0.1, 0.15) is 5.82 Å². The van der Waals surface area contributed by atoms with Crippen LogP contribution in [-0.4, -0.2) is 18.7 Å². The van der Waals surface area contributed by atoms with Gasteiger partial charge in [-0.25, -0.2) is 4.98 Å². The number of hydrogen-bond donors (Lipinski definition) is 0. The van der Waals surface area contributed by atoms with Crippen LogP contribution in [0.4, 0.5) is 11.4 Å². The summed E-state index contributed by atoms with van der Waals surface area (Å²) in [6.07, 6.45) is 1.92. The van der Waals surface area contributed by atoms with E-state index in [1.54, 1.807) is 0 Å². The third-order valence-corrected chi connectivity index (χ3v) is 17.0. The molecule has 1 aliphatic heterocycles. The van der Waals surface area contributed by atoms with E-state index in [1.165, 1.54) is 32.7 Å². The van der Waals surface area contributed by atoms with Gasteiger partial charge in [-0.05, 0) is 142 Å². The van der Waals surface area contributed by atoms with E-state index in [9.17, 15) is 1.37 Å². The second-order valence-electron chi connectivity index (χ2n) is 24.5. The van der Waals surface area contributed by atoms with Crippen LogP contribution in [0.25, 0.3) is 110 Å². The monoisotopic (exact) mass is 1270 g/mol. The van der Waals surface area contributed by atoms with Gasteiger partial charge in [-0.2, -0.15) is 6.07 Å². The number of ether oxygens (including phenoxy) is 1. The van der Waals surface area contributed by atoms with Gasteiger partial charge in [0.15, 0.2) is 0 Å². The Bertz CT molecular complexity index is 5040. The molecule has 0 saturated heterocycles. The number of rotatable bonds is 7. The summed E-state index contributed by atoms with van der Waals surface area (Å²) in [6.45, 7) is 19.7. The number of benzene rings is 10. The maximum Gasteiger partial charge on any atom is 0.135 e. The first-order valence-electron chi connectivity index (χ1n) is 29.3. The van der Waals surface area contributed by atoms with Crippen molar-refractivity contribution in [2.45, 2.75) is 72.1 Å². The number of pyridine rings is 1. The minimum absolute atomic E-state index is 0. The first-order chi connectivity index (χ1) is 40.6. The number of fused-ring (bicyclic) bond motifs is 13. The molecule has 0 aliphatic carbocycles. The summed E-state index contributed by atoms with van der Waals surface area (Å²) in [6, 6.07) is 84.0. The third kappa shape index (κ3) is 8.56. The SMILES string of the molecule is [2H]C(C)(C)c1cc(-c2cccc3c4ccccc4c4ccccc4c4cccc5c4n(c23)[CH-]N5c2[c-]c(Oc3[c-]c4c(c(-n5c6ccccc6c6ccccc65)c3)c3ccccc3n4-c3cc(C(C)(C)C)ccn3)ccc2)cc(C(C)(C)C)c1.[Pt]. The quantitative estimate of drug-likeness (QED) is 0.149. The van der Waals surface area contributed by atoms with Crippen molar-refractivity contribution in [1.29, 1.82) is 0 Å². The van der Waals surface area contributed by atoms with Gasteiger partial charge < -0.3 is 23.3 Å². The standard InChI is InChI=1S/C77H62N5O.Pt/c1-48(2)49-40-50(42-52(41-49)77(6,7)8)56-31-20-32-63-59-26-11-9-24-57(59)58-25-10-12-27-60(58)64-33-21-37-69-75(64)80(74(56)63)47-79(69)53-22-19-23-54(44-53)83-55-45-70(81-66-34-16-13-28-61(66)62-29-14-17-35-67(62)81)73-65-30-15-18-36-68(65)82(71(73)46-55)72-43-51(38-39-78-72)76(3,4)5;/h9-43,45,47-48H,1-8H3;/q-3;/i48D;. The molecule has 0 spiro atoms. The molecule has 414 valence electrons. The first kappa shape index (κ1) is 51.8. The van der Waals surface area contributed by atoms with Crippen LogP contribution in [0, 0.1) is 18.8 Å². The van der Waals surface area contributed by atoms with Crippen LogP contribution in [0.1, 0.15) is 79.3 Å². The van der Waals surface area contributed by atoms with Gasteiger partial charge in [0.05, 0.1) is 11.0 Å². The fourth-order valence-corrected chi connectivity index (χ4v) is 12.8. The molecule has 0 unspecified atom stereocenters. The van der Waals surface area contributed by atoms with E-state index in [2.05, 4.69) is 285 Å². The van der Waals surface area contributed by atoms with Gasteiger partial charge in [0.2, 0.25) is 0 Å². The maximum absolute atomic E-state index is 9.36. The van der Waals surface area contributed by atoms with Gasteiger partial charge in [-0.15, -0.1) is 30.3 Å². The minimum atomic E-state index is -0.825. The number of anilines is 2. The molecule has 4 aromatic heterocycles. The number of para-hydroxylation sites is 5. The Morgan fingerprint density at radius 2 is 1.04 bits per heavy atom. The van der Waals surface area contributed by atoms with Crippen molar-refractivity contribution < 1.29 is 27.2 Å². The summed E-state index contributed by atoms with van der Waals surface area (Å²) in [7, 11) is 0. The zero-order valence-electron chi connectivity index (χ0n) is 49.3. The molecule has 6 nitrogen and oxygen atoms in total. The van der Waals surface area contributed by atoms with Crippen LogP contribution in [0.3, 0.4) is 0 Å². The van der Waals surface area contributed by atoms with Crippen LogP contribution in [0.15, 0.2) is 219 Å². The maximum atomic E-state index is 9.36. The zero-order chi connectivity index (χ0) is 57.4. The molecule has 0 N–H and O–H groups in total.